The standard InChI is InChI=1S/C30H34Cl2N2OS/c31-27-8-7-24(29(32)16-27)17-34-19-26(28(20-34)25-12-15-36-21-25)18-33-13-10-22(11-14-33)6-9-30(35)23-4-2-1-3-5-23/h1-5,7-8,12,15-16,21-22,26,28H,6,9-11,13-14,17-20H2. The first kappa shape index (κ1) is 25.9. The lowest BCUT2D eigenvalue weighted by Gasteiger charge is -2.34. The molecule has 3 heterocycles. The van der Waals surface area contributed by atoms with Crippen LogP contribution in [-0.2, 0) is 6.54 Å². The van der Waals surface area contributed by atoms with Crippen LogP contribution in [0.2, 0.25) is 10.0 Å². The van der Waals surface area contributed by atoms with Crippen LogP contribution in [0, 0.1) is 11.8 Å². The minimum atomic E-state index is 0.281. The number of Topliss-reactive ketones (excluding diaryl/α,β-unsaturated/α-hetero) is 1. The van der Waals surface area contributed by atoms with E-state index in [0.717, 1.165) is 61.8 Å². The van der Waals surface area contributed by atoms with Gasteiger partial charge in [-0.05, 0) is 84.3 Å². The summed E-state index contributed by atoms with van der Waals surface area (Å²) in [6.07, 6.45) is 4.07. The van der Waals surface area contributed by atoms with E-state index in [2.05, 4.69) is 32.7 Å². The van der Waals surface area contributed by atoms with Gasteiger partial charge in [-0.3, -0.25) is 9.69 Å². The van der Waals surface area contributed by atoms with Crippen molar-refractivity contribution < 1.29 is 4.79 Å². The monoisotopic (exact) mass is 540 g/mol. The first-order chi connectivity index (χ1) is 17.5. The van der Waals surface area contributed by atoms with E-state index >= 15 is 0 Å². The van der Waals surface area contributed by atoms with Crippen molar-refractivity contribution in [2.45, 2.75) is 38.1 Å². The average Bonchev–Trinajstić information content (AvgIpc) is 3.56. The summed E-state index contributed by atoms with van der Waals surface area (Å²) in [5.74, 6) is 2.11. The number of likely N-dealkylation sites (tertiary alicyclic amines) is 2. The lowest BCUT2D eigenvalue weighted by molar-refractivity contribution is 0.0959. The number of carbonyl (C=O) groups excluding carboxylic acids is 1. The van der Waals surface area contributed by atoms with Crippen LogP contribution in [0.5, 0.6) is 0 Å². The summed E-state index contributed by atoms with van der Waals surface area (Å²) in [4.78, 5) is 17.7. The Labute approximate surface area is 229 Å². The van der Waals surface area contributed by atoms with Gasteiger partial charge in [-0.1, -0.05) is 59.6 Å². The van der Waals surface area contributed by atoms with E-state index in [1.165, 1.54) is 18.4 Å². The van der Waals surface area contributed by atoms with Crippen LogP contribution in [0.3, 0.4) is 0 Å². The van der Waals surface area contributed by atoms with Crippen molar-refractivity contribution >= 4 is 40.3 Å². The van der Waals surface area contributed by atoms with E-state index in [-0.39, 0.29) is 5.78 Å². The predicted molar refractivity (Wildman–Crippen MR) is 151 cm³/mol. The maximum absolute atomic E-state index is 12.5. The summed E-state index contributed by atoms with van der Waals surface area (Å²) >= 11 is 14.4. The number of rotatable bonds is 9. The predicted octanol–water partition coefficient (Wildman–Crippen LogP) is 7.65. The average molecular weight is 542 g/mol. The maximum atomic E-state index is 12.5. The Balaban J connectivity index is 1.14. The van der Waals surface area contributed by atoms with Gasteiger partial charge in [0.15, 0.2) is 5.78 Å². The summed E-state index contributed by atoms with van der Waals surface area (Å²) in [5, 5.41) is 5.97. The van der Waals surface area contributed by atoms with Crippen LogP contribution in [0.4, 0.5) is 0 Å². The normalized spacial score (nSPS) is 21.7. The van der Waals surface area contributed by atoms with Crippen LogP contribution in [0.1, 0.15) is 53.1 Å². The minimum absolute atomic E-state index is 0.281. The number of ketones is 1. The highest BCUT2D eigenvalue weighted by atomic mass is 35.5. The zero-order valence-electron chi connectivity index (χ0n) is 20.6. The number of piperidine rings is 1. The third kappa shape index (κ3) is 6.59. The van der Waals surface area contributed by atoms with Crippen molar-refractivity contribution in [2.24, 2.45) is 11.8 Å². The Bertz CT molecular complexity index is 1130. The molecule has 0 aliphatic carbocycles. The van der Waals surface area contributed by atoms with E-state index in [0.29, 0.717) is 29.2 Å². The Morgan fingerprint density at radius 1 is 0.972 bits per heavy atom. The van der Waals surface area contributed by atoms with Crippen molar-refractivity contribution in [1.29, 1.82) is 0 Å². The lowest BCUT2D eigenvalue weighted by Crippen LogP contribution is -2.38. The molecule has 2 unspecified atom stereocenters. The number of thiophene rings is 1. The smallest absolute Gasteiger partial charge is 0.162 e. The zero-order valence-corrected chi connectivity index (χ0v) is 22.9. The molecular weight excluding hydrogens is 507 g/mol. The Hall–Kier alpha value is -1.69. The molecule has 2 aliphatic rings. The summed E-state index contributed by atoms with van der Waals surface area (Å²) < 4.78 is 0. The minimum Gasteiger partial charge on any atom is -0.303 e. The van der Waals surface area contributed by atoms with E-state index in [9.17, 15) is 4.79 Å². The van der Waals surface area contributed by atoms with Crippen molar-refractivity contribution in [2.75, 3.05) is 32.7 Å². The van der Waals surface area contributed by atoms with Gasteiger partial charge in [0, 0.05) is 54.1 Å². The second kappa shape index (κ2) is 12.2. The molecule has 0 spiro atoms. The molecule has 2 atom stereocenters. The molecule has 5 rings (SSSR count). The van der Waals surface area contributed by atoms with Crippen LogP contribution in [0.25, 0.3) is 0 Å². The highest BCUT2D eigenvalue weighted by Gasteiger charge is 2.36. The van der Waals surface area contributed by atoms with Gasteiger partial charge in [0.25, 0.3) is 0 Å². The zero-order chi connectivity index (χ0) is 24.9. The van der Waals surface area contributed by atoms with Crippen molar-refractivity contribution in [3.05, 3.63) is 92.1 Å². The number of halogens is 2. The molecule has 3 nitrogen and oxygen atoms in total. The fourth-order valence-corrected chi connectivity index (χ4v) is 7.12. The highest BCUT2D eigenvalue weighted by Crippen LogP contribution is 2.37. The van der Waals surface area contributed by atoms with Gasteiger partial charge >= 0.3 is 0 Å². The molecule has 0 amide bonds. The summed E-state index contributed by atoms with van der Waals surface area (Å²) in [5.41, 5.74) is 3.47. The molecule has 0 saturated carbocycles. The third-order valence-corrected chi connectivity index (χ3v) is 9.26. The number of benzene rings is 2. The Morgan fingerprint density at radius 2 is 1.78 bits per heavy atom. The first-order valence-electron chi connectivity index (χ1n) is 13.0. The van der Waals surface area contributed by atoms with Gasteiger partial charge in [-0.25, -0.2) is 0 Å². The van der Waals surface area contributed by atoms with Crippen molar-refractivity contribution in [1.82, 2.24) is 9.80 Å². The topological polar surface area (TPSA) is 23.6 Å². The van der Waals surface area contributed by atoms with E-state index in [1.54, 1.807) is 11.3 Å². The van der Waals surface area contributed by atoms with E-state index < -0.39 is 0 Å². The summed E-state index contributed by atoms with van der Waals surface area (Å²) in [6, 6.07) is 17.9. The summed E-state index contributed by atoms with van der Waals surface area (Å²) in [6.45, 7) is 6.44. The number of carbonyl (C=O) groups is 1. The fraction of sp³-hybridized carbons (Fsp3) is 0.433. The molecular formula is C30H34Cl2N2OS. The highest BCUT2D eigenvalue weighted by molar-refractivity contribution is 7.08. The van der Waals surface area contributed by atoms with Crippen LogP contribution < -0.4 is 0 Å². The van der Waals surface area contributed by atoms with Gasteiger partial charge in [0.1, 0.15) is 0 Å². The second-order valence-electron chi connectivity index (χ2n) is 10.4. The van der Waals surface area contributed by atoms with Gasteiger partial charge in [0.2, 0.25) is 0 Å². The van der Waals surface area contributed by atoms with Gasteiger partial charge < -0.3 is 4.90 Å². The molecule has 36 heavy (non-hydrogen) atoms. The molecule has 2 aliphatic heterocycles. The molecule has 0 radical (unpaired) electrons. The molecule has 2 saturated heterocycles. The Kier molecular flexibility index (Phi) is 8.82. The second-order valence-corrected chi connectivity index (χ2v) is 12.0. The Morgan fingerprint density at radius 3 is 2.50 bits per heavy atom. The van der Waals surface area contributed by atoms with E-state index in [1.807, 2.05) is 42.5 Å². The number of hydrogen-bond acceptors (Lipinski definition) is 4. The first-order valence-corrected chi connectivity index (χ1v) is 14.7. The van der Waals surface area contributed by atoms with Gasteiger partial charge in [0.05, 0.1) is 0 Å². The molecule has 2 fully saturated rings. The SMILES string of the molecule is O=C(CCC1CCN(CC2CN(Cc3ccc(Cl)cc3Cl)CC2c2ccsc2)CC1)c1ccccc1. The molecule has 0 N–H and O–H groups in total. The van der Waals surface area contributed by atoms with Crippen LogP contribution >= 0.6 is 34.5 Å². The maximum Gasteiger partial charge on any atom is 0.162 e. The number of hydrogen-bond donors (Lipinski definition) is 0. The van der Waals surface area contributed by atoms with Gasteiger partial charge in [-0.15, -0.1) is 0 Å². The van der Waals surface area contributed by atoms with Crippen molar-refractivity contribution in [3.63, 3.8) is 0 Å². The summed E-state index contributed by atoms with van der Waals surface area (Å²) in [7, 11) is 0. The van der Waals surface area contributed by atoms with Crippen LogP contribution in [0.15, 0.2) is 65.4 Å². The van der Waals surface area contributed by atoms with E-state index in [4.69, 9.17) is 23.2 Å². The fourth-order valence-electron chi connectivity index (χ4n) is 5.92. The largest absolute Gasteiger partial charge is 0.303 e. The molecule has 1 aromatic heterocycles. The van der Waals surface area contributed by atoms with Gasteiger partial charge in [-0.2, -0.15) is 11.3 Å². The van der Waals surface area contributed by atoms with Crippen molar-refractivity contribution in [3.8, 4) is 0 Å². The molecule has 190 valence electrons. The van der Waals surface area contributed by atoms with Crippen LogP contribution in [-0.4, -0.2) is 48.3 Å². The molecule has 3 aromatic rings. The number of nitrogens with zero attached hydrogens (tertiary/aromatic N) is 2. The molecule has 2 aromatic carbocycles. The molecule has 0 bridgehead atoms. The molecule has 6 heteroatoms. The quantitative estimate of drug-likeness (QED) is 0.260. The lowest BCUT2D eigenvalue weighted by atomic mass is 9.87. The third-order valence-electron chi connectivity index (χ3n) is 7.97.